The van der Waals surface area contributed by atoms with Crippen molar-refractivity contribution in [3.05, 3.63) is 168 Å². The van der Waals surface area contributed by atoms with Gasteiger partial charge in [0.05, 0.1) is 0 Å². The van der Waals surface area contributed by atoms with E-state index in [9.17, 15) is 0 Å². The Labute approximate surface area is 251 Å². The number of aryl methyl sites for hydroxylation is 2. The van der Waals surface area contributed by atoms with Crippen LogP contribution in [-0.2, 0) is 26.5 Å². The van der Waals surface area contributed by atoms with E-state index in [1.54, 1.807) is 0 Å². The maximum Gasteiger partial charge on any atom is 0.0242 e. The fourth-order valence-electron chi connectivity index (χ4n) is 4.41. The zero-order valence-corrected chi connectivity index (χ0v) is 25.0. The Hall–Kier alpha value is -4.17. The maximum absolute atomic E-state index is 4.70. The van der Waals surface area contributed by atoms with Crippen LogP contribution in [0.1, 0.15) is 22.3 Å². The van der Waals surface area contributed by atoms with Gasteiger partial charge < -0.3 is 9.97 Å². The van der Waals surface area contributed by atoms with Crippen LogP contribution in [0.2, 0.25) is 0 Å². The Kier molecular flexibility index (Phi) is 10.3. The standard InChI is InChI=1S/C25H20N.C12H10N.Ir/c1-19-15-25(26-18-24(19)22-12-6-3-7-13-22)23-14-8-11-21(17-23)16-20-9-4-2-5-10-20;1-10-7-8-12(13-9-10)11-5-3-2-4-6-11;/h2-13,15,17-18H,16H2,1H3;2-5,7-9H,1H3;/q2*-1;. The van der Waals surface area contributed by atoms with Gasteiger partial charge in [-0.15, -0.1) is 71.3 Å². The van der Waals surface area contributed by atoms with Crippen LogP contribution in [0.4, 0.5) is 0 Å². The first-order valence-electron chi connectivity index (χ1n) is 13.1. The van der Waals surface area contributed by atoms with Crippen molar-refractivity contribution in [3.63, 3.8) is 0 Å². The number of benzene rings is 4. The Morgan fingerprint density at radius 3 is 1.95 bits per heavy atom. The molecule has 0 saturated carbocycles. The van der Waals surface area contributed by atoms with E-state index >= 15 is 0 Å². The van der Waals surface area contributed by atoms with Crippen molar-refractivity contribution in [2.75, 3.05) is 0 Å². The summed E-state index contributed by atoms with van der Waals surface area (Å²) < 4.78 is 0. The quantitative estimate of drug-likeness (QED) is 0.169. The molecule has 2 nitrogen and oxygen atoms in total. The van der Waals surface area contributed by atoms with Gasteiger partial charge in [0.1, 0.15) is 0 Å². The molecule has 0 unspecified atom stereocenters. The Balaban J connectivity index is 0.000000223. The zero-order chi connectivity index (χ0) is 26.9. The molecule has 0 saturated heterocycles. The van der Waals surface area contributed by atoms with Crippen molar-refractivity contribution < 1.29 is 20.1 Å². The third kappa shape index (κ3) is 7.70. The van der Waals surface area contributed by atoms with Crippen LogP contribution >= 0.6 is 0 Å². The van der Waals surface area contributed by atoms with Crippen LogP contribution in [0.5, 0.6) is 0 Å². The van der Waals surface area contributed by atoms with Crippen LogP contribution in [0.25, 0.3) is 33.6 Å². The predicted molar refractivity (Wildman–Crippen MR) is 161 cm³/mol. The summed E-state index contributed by atoms with van der Waals surface area (Å²) in [5.41, 5.74) is 11.4. The van der Waals surface area contributed by atoms with E-state index in [0.29, 0.717) is 0 Å². The molecule has 0 fully saturated rings. The Morgan fingerprint density at radius 1 is 0.575 bits per heavy atom. The van der Waals surface area contributed by atoms with Crippen LogP contribution < -0.4 is 0 Å². The van der Waals surface area contributed by atoms with Gasteiger partial charge in [0, 0.05) is 38.1 Å². The second-order valence-electron chi connectivity index (χ2n) is 9.52. The van der Waals surface area contributed by atoms with Gasteiger partial charge in [0.25, 0.3) is 0 Å². The number of rotatable bonds is 5. The van der Waals surface area contributed by atoms with Crippen LogP contribution in [0.15, 0.2) is 134 Å². The Morgan fingerprint density at radius 2 is 1.27 bits per heavy atom. The largest absolute Gasteiger partial charge is 0.304 e. The maximum atomic E-state index is 4.70. The molecule has 6 rings (SSSR count). The summed E-state index contributed by atoms with van der Waals surface area (Å²) in [5.74, 6) is 0. The first-order chi connectivity index (χ1) is 19.2. The van der Waals surface area contributed by atoms with E-state index in [1.807, 2.05) is 61.8 Å². The number of hydrogen-bond donors (Lipinski definition) is 0. The summed E-state index contributed by atoms with van der Waals surface area (Å²) in [4.78, 5) is 9.02. The van der Waals surface area contributed by atoms with Crippen LogP contribution in [0, 0.1) is 26.0 Å². The molecule has 0 bridgehead atoms. The van der Waals surface area contributed by atoms with Crippen LogP contribution in [0.3, 0.4) is 0 Å². The van der Waals surface area contributed by atoms with Gasteiger partial charge in [-0.05, 0) is 53.9 Å². The van der Waals surface area contributed by atoms with E-state index in [4.69, 9.17) is 4.98 Å². The number of pyridine rings is 2. The van der Waals surface area contributed by atoms with Gasteiger partial charge in [0.15, 0.2) is 0 Å². The van der Waals surface area contributed by atoms with Crippen molar-refractivity contribution in [2.45, 2.75) is 20.3 Å². The third-order valence-electron chi connectivity index (χ3n) is 6.48. The topological polar surface area (TPSA) is 25.8 Å². The summed E-state index contributed by atoms with van der Waals surface area (Å²) in [5, 5.41) is 0. The van der Waals surface area contributed by atoms with E-state index < -0.39 is 0 Å². The molecular weight excluding hydrogens is 665 g/mol. The molecule has 0 spiro atoms. The average molecular weight is 695 g/mol. The smallest absolute Gasteiger partial charge is 0.0242 e. The van der Waals surface area contributed by atoms with Gasteiger partial charge in [-0.1, -0.05) is 78.9 Å². The summed E-state index contributed by atoms with van der Waals surface area (Å²) in [6.45, 7) is 4.17. The minimum absolute atomic E-state index is 0. The van der Waals surface area contributed by atoms with Crippen LogP contribution in [-0.4, -0.2) is 9.97 Å². The molecule has 0 aliphatic rings. The van der Waals surface area contributed by atoms with E-state index in [1.165, 1.54) is 33.4 Å². The molecule has 2 heterocycles. The molecular formula is C37H30IrN2-2. The molecule has 0 N–H and O–H groups in total. The van der Waals surface area contributed by atoms with Gasteiger partial charge in [0.2, 0.25) is 0 Å². The fourth-order valence-corrected chi connectivity index (χ4v) is 4.41. The molecule has 6 aromatic rings. The molecule has 0 atom stereocenters. The molecule has 0 aliphatic carbocycles. The summed E-state index contributed by atoms with van der Waals surface area (Å²) in [6, 6.07) is 47.8. The third-order valence-corrected chi connectivity index (χ3v) is 6.48. The Bertz CT molecular complexity index is 1610. The number of nitrogens with zero attached hydrogens (tertiary/aromatic N) is 2. The number of hydrogen-bond acceptors (Lipinski definition) is 2. The second-order valence-corrected chi connectivity index (χ2v) is 9.52. The van der Waals surface area contributed by atoms with Crippen molar-refractivity contribution in [1.29, 1.82) is 0 Å². The van der Waals surface area contributed by atoms with Crippen molar-refractivity contribution in [2.24, 2.45) is 0 Å². The first-order valence-corrected chi connectivity index (χ1v) is 13.1. The molecule has 0 amide bonds. The molecule has 40 heavy (non-hydrogen) atoms. The normalized spacial score (nSPS) is 10.2. The molecule has 0 aliphatic heterocycles. The van der Waals surface area contributed by atoms with Gasteiger partial charge in [-0.25, -0.2) is 0 Å². The van der Waals surface area contributed by atoms with Crippen molar-refractivity contribution >= 4 is 0 Å². The molecule has 4 aromatic carbocycles. The first kappa shape index (κ1) is 28.8. The second kappa shape index (κ2) is 14.3. The average Bonchev–Trinajstić information content (AvgIpc) is 2.99. The van der Waals surface area contributed by atoms with E-state index in [0.717, 1.165) is 28.9 Å². The minimum Gasteiger partial charge on any atom is -0.304 e. The van der Waals surface area contributed by atoms with Gasteiger partial charge in [-0.3, -0.25) is 0 Å². The zero-order valence-electron chi connectivity index (χ0n) is 22.6. The van der Waals surface area contributed by atoms with Crippen molar-refractivity contribution in [3.8, 4) is 33.6 Å². The summed E-state index contributed by atoms with van der Waals surface area (Å²) >= 11 is 0. The molecule has 2 aromatic heterocycles. The minimum atomic E-state index is 0. The fraction of sp³-hybridized carbons (Fsp3) is 0.0811. The SMILES string of the molecule is Cc1cc(-c2[c-]ccc(Cc3ccccc3)c2)ncc1-c1ccccc1.Cc1ccc(-c2[c-]cccc2)nc1.[Ir]. The van der Waals surface area contributed by atoms with E-state index in [2.05, 4.69) is 103 Å². The van der Waals surface area contributed by atoms with Gasteiger partial charge >= 0.3 is 0 Å². The summed E-state index contributed by atoms with van der Waals surface area (Å²) in [7, 11) is 0. The predicted octanol–water partition coefficient (Wildman–Crippen LogP) is 8.97. The monoisotopic (exact) mass is 695 g/mol. The molecule has 199 valence electrons. The van der Waals surface area contributed by atoms with Crippen molar-refractivity contribution in [1.82, 2.24) is 9.97 Å². The molecule has 1 radical (unpaired) electrons. The van der Waals surface area contributed by atoms with Gasteiger partial charge in [-0.2, -0.15) is 0 Å². The van der Waals surface area contributed by atoms with E-state index in [-0.39, 0.29) is 20.1 Å². The summed E-state index contributed by atoms with van der Waals surface area (Å²) in [6.07, 6.45) is 4.76. The number of aromatic nitrogens is 2. The molecule has 3 heteroatoms.